The maximum absolute atomic E-state index is 12.3. The summed E-state index contributed by atoms with van der Waals surface area (Å²) in [6.45, 7) is 3.94. The lowest BCUT2D eigenvalue weighted by atomic mass is 10.1. The van der Waals surface area contributed by atoms with Crippen molar-refractivity contribution in [3.05, 3.63) is 69.0 Å². The number of esters is 1. The van der Waals surface area contributed by atoms with Gasteiger partial charge in [-0.2, -0.15) is 0 Å². The second-order valence-electron chi connectivity index (χ2n) is 7.41. The van der Waals surface area contributed by atoms with E-state index in [1.54, 1.807) is 18.2 Å². The van der Waals surface area contributed by atoms with E-state index >= 15 is 0 Å². The molecule has 170 valence electrons. The molecule has 0 spiro atoms. The Balaban J connectivity index is 1.60. The van der Waals surface area contributed by atoms with E-state index in [4.69, 9.17) is 20.8 Å². The molecule has 3 aromatic rings. The van der Waals surface area contributed by atoms with Gasteiger partial charge in [-0.25, -0.2) is 17.9 Å². The van der Waals surface area contributed by atoms with Crippen LogP contribution in [0, 0.1) is 6.92 Å². The second kappa shape index (κ2) is 10.3. The van der Waals surface area contributed by atoms with E-state index in [9.17, 15) is 18.0 Å². The molecule has 0 saturated carbocycles. The summed E-state index contributed by atoms with van der Waals surface area (Å²) in [6.07, 6.45) is 1.76. The molecule has 1 heterocycles. The van der Waals surface area contributed by atoms with Crippen molar-refractivity contribution in [3.8, 4) is 5.75 Å². The van der Waals surface area contributed by atoms with Gasteiger partial charge in [-0.15, -0.1) is 0 Å². The molecule has 0 aliphatic heterocycles. The Morgan fingerprint density at radius 3 is 2.56 bits per heavy atom. The van der Waals surface area contributed by atoms with Crippen LogP contribution in [-0.2, 0) is 21.2 Å². The Hall–Kier alpha value is -2.68. The molecule has 32 heavy (non-hydrogen) atoms. The first kappa shape index (κ1) is 24.0. The molecular formula is C23H24ClNO6S. The molecule has 0 fully saturated rings. The molecular weight excluding hydrogens is 454 g/mol. The fourth-order valence-corrected chi connectivity index (χ4v) is 4.47. The fraction of sp³-hybridized carbons (Fsp3) is 0.304. The molecule has 2 aromatic carbocycles. The zero-order chi connectivity index (χ0) is 23.3. The second-order valence-corrected chi connectivity index (χ2v) is 9.58. The highest BCUT2D eigenvalue weighted by atomic mass is 35.5. The predicted octanol–water partition coefficient (Wildman–Crippen LogP) is 4.37. The molecule has 0 radical (unpaired) electrons. The average Bonchev–Trinajstić information content (AvgIpc) is 2.73. The van der Waals surface area contributed by atoms with Gasteiger partial charge in [-0.3, -0.25) is 4.79 Å². The smallest absolute Gasteiger partial charge is 0.336 e. The Labute approximate surface area is 191 Å². The summed E-state index contributed by atoms with van der Waals surface area (Å²) in [4.78, 5) is 24.2. The van der Waals surface area contributed by atoms with Gasteiger partial charge in [-0.05, 0) is 43.5 Å². The van der Waals surface area contributed by atoms with Crippen molar-refractivity contribution in [1.82, 2.24) is 4.72 Å². The normalized spacial score (nSPS) is 11.6. The third-order valence-electron chi connectivity index (χ3n) is 4.81. The van der Waals surface area contributed by atoms with Gasteiger partial charge in [0.1, 0.15) is 5.58 Å². The third-order valence-corrected chi connectivity index (χ3v) is 6.58. The van der Waals surface area contributed by atoms with E-state index < -0.39 is 21.6 Å². The lowest BCUT2D eigenvalue weighted by molar-refractivity contribution is -0.134. The Kier molecular flexibility index (Phi) is 7.71. The minimum absolute atomic E-state index is 0.0232. The molecule has 0 atom stereocenters. The molecule has 1 N–H and O–H groups in total. The van der Waals surface area contributed by atoms with Crippen molar-refractivity contribution in [2.45, 2.75) is 44.4 Å². The van der Waals surface area contributed by atoms with Crippen LogP contribution in [0.15, 0.2) is 56.6 Å². The SMILES string of the molecule is CCCc1cc(=O)oc2cc(OC(=O)CCCNS(=O)(=O)c3ccc(C)cc3)c(Cl)cc12. The first-order valence-electron chi connectivity index (χ1n) is 10.2. The highest BCUT2D eigenvalue weighted by Crippen LogP contribution is 2.32. The van der Waals surface area contributed by atoms with Crippen LogP contribution in [0.4, 0.5) is 0 Å². The van der Waals surface area contributed by atoms with Crippen molar-refractivity contribution in [1.29, 1.82) is 0 Å². The van der Waals surface area contributed by atoms with Gasteiger partial charge in [0.15, 0.2) is 5.75 Å². The van der Waals surface area contributed by atoms with Gasteiger partial charge in [0.05, 0.1) is 9.92 Å². The molecule has 0 aliphatic carbocycles. The number of sulfonamides is 1. The molecule has 0 saturated heterocycles. The number of carbonyl (C=O) groups excluding carboxylic acids is 1. The molecule has 7 nitrogen and oxygen atoms in total. The fourth-order valence-electron chi connectivity index (χ4n) is 3.20. The quantitative estimate of drug-likeness (QED) is 0.212. The van der Waals surface area contributed by atoms with Gasteiger partial charge in [0.2, 0.25) is 10.0 Å². The number of carbonyl (C=O) groups is 1. The van der Waals surface area contributed by atoms with E-state index in [1.807, 2.05) is 13.8 Å². The van der Waals surface area contributed by atoms with Crippen LogP contribution in [0.3, 0.4) is 0 Å². The van der Waals surface area contributed by atoms with Crippen molar-refractivity contribution in [3.63, 3.8) is 0 Å². The van der Waals surface area contributed by atoms with Crippen molar-refractivity contribution >= 4 is 38.6 Å². The largest absolute Gasteiger partial charge is 0.425 e. The molecule has 0 unspecified atom stereocenters. The van der Waals surface area contributed by atoms with Gasteiger partial charge in [-0.1, -0.05) is 42.6 Å². The Morgan fingerprint density at radius 1 is 1.16 bits per heavy atom. The minimum atomic E-state index is -3.64. The summed E-state index contributed by atoms with van der Waals surface area (Å²) in [5.41, 5.74) is 1.58. The number of nitrogens with one attached hydrogen (secondary N) is 1. The predicted molar refractivity (Wildman–Crippen MR) is 123 cm³/mol. The van der Waals surface area contributed by atoms with E-state index in [-0.39, 0.29) is 35.1 Å². The number of benzene rings is 2. The first-order valence-corrected chi connectivity index (χ1v) is 12.1. The standard InChI is InChI=1S/C23H24ClNO6S/c1-3-5-16-12-23(27)30-20-14-21(19(24)13-18(16)20)31-22(26)6-4-11-25-32(28,29)17-9-7-15(2)8-10-17/h7-10,12-14,25H,3-6,11H2,1-2H3. The van der Waals surface area contributed by atoms with Crippen LogP contribution in [0.2, 0.25) is 5.02 Å². The van der Waals surface area contributed by atoms with E-state index in [0.717, 1.165) is 17.5 Å². The van der Waals surface area contributed by atoms with Crippen LogP contribution in [0.1, 0.15) is 37.3 Å². The van der Waals surface area contributed by atoms with Crippen molar-refractivity contribution in [2.24, 2.45) is 0 Å². The summed E-state index contributed by atoms with van der Waals surface area (Å²) in [6, 6.07) is 11.0. The number of hydrogen-bond acceptors (Lipinski definition) is 6. The maximum atomic E-state index is 12.3. The Morgan fingerprint density at radius 2 is 1.88 bits per heavy atom. The molecule has 1 aromatic heterocycles. The summed E-state index contributed by atoms with van der Waals surface area (Å²) in [7, 11) is -3.64. The number of rotatable bonds is 9. The number of ether oxygens (including phenoxy) is 1. The Bertz CT molecular complexity index is 1280. The van der Waals surface area contributed by atoms with E-state index in [2.05, 4.69) is 4.72 Å². The van der Waals surface area contributed by atoms with E-state index in [0.29, 0.717) is 17.4 Å². The third kappa shape index (κ3) is 5.97. The summed E-state index contributed by atoms with van der Waals surface area (Å²) in [5.74, 6) is -0.492. The molecule has 0 amide bonds. The zero-order valence-electron chi connectivity index (χ0n) is 17.8. The molecule has 9 heteroatoms. The highest BCUT2D eigenvalue weighted by Gasteiger charge is 2.15. The topological polar surface area (TPSA) is 103 Å². The summed E-state index contributed by atoms with van der Waals surface area (Å²) in [5, 5.41) is 0.916. The average molecular weight is 478 g/mol. The maximum Gasteiger partial charge on any atom is 0.336 e. The van der Waals surface area contributed by atoms with Crippen LogP contribution in [-0.4, -0.2) is 20.9 Å². The van der Waals surface area contributed by atoms with Crippen LogP contribution < -0.4 is 15.1 Å². The van der Waals surface area contributed by atoms with Crippen molar-refractivity contribution in [2.75, 3.05) is 6.54 Å². The molecule has 0 bridgehead atoms. The number of hydrogen-bond donors (Lipinski definition) is 1. The van der Waals surface area contributed by atoms with Crippen molar-refractivity contribution < 1.29 is 22.4 Å². The van der Waals surface area contributed by atoms with Crippen LogP contribution in [0.25, 0.3) is 11.0 Å². The lowest BCUT2D eigenvalue weighted by Gasteiger charge is -2.10. The number of aryl methyl sites for hydroxylation is 2. The van der Waals surface area contributed by atoms with Gasteiger partial charge >= 0.3 is 11.6 Å². The minimum Gasteiger partial charge on any atom is -0.425 e. The first-order chi connectivity index (χ1) is 15.2. The van der Waals surface area contributed by atoms with Gasteiger partial charge in [0.25, 0.3) is 0 Å². The van der Waals surface area contributed by atoms with Gasteiger partial charge in [0, 0.05) is 30.5 Å². The van der Waals surface area contributed by atoms with E-state index in [1.165, 1.54) is 24.3 Å². The number of halogens is 1. The van der Waals surface area contributed by atoms with Crippen LogP contribution in [0.5, 0.6) is 5.75 Å². The monoisotopic (exact) mass is 477 g/mol. The lowest BCUT2D eigenvalue weighted by Crippen LogP contribution is -2.25. The summed E-state index contributed by atoms with van der Waals surface area (Å²) < 4.78 is 37.5. The number of fused-ring (bicyclic) bond motifs is 1. The summed E-state index contributed by atoms with van der Waals surface area (Å²) >= 11 is 6.27. The molecule has 0 aliphatic rings. The van der Waals surface area contributed by atoms with Gasteiger partial charge < -0.3 is 9.15 Å². The van der Waals surface area contributed by atoms with Crippen LogP contribution >= 0.6 is 11.6 Å². The molecule has 3 rings (SSSR count). The zero-order valence-corrected chi connectivity index (χ0v) is 19.4. The highest BCUT2D eigenvalue weighted by molar-refractivity contribution is 7.89.